The van der Waals surface area contributed by atoms with Crippen LogP contribution in [0.25, 0.3) is 10.7 Å². The Morgan fingerprint density at radius 1 is 1.45 bits per heavy atom. The van der Waals surface area contributed by atoms with Crippen LogP contribution in [0, 0.1) is 6.92 Å². The first kappa shape index (κ1) is 12.9. The number of carbonyl (C=O) groups is 1. The molecule has 20 heavy (non-hydrogen) atoms. The SMILES string of the molecule is Cc1csc(NC(=O)Cn2nnc(-c3cccs3)n2)n1. The van der Waals surface area contributed by atoms with Crippen LogP contribution in [0.3, 0.4) is 0 Å². The molecule has 3 aromatic heterocycles. The maximum absolute atomic E-state index is 11.8. The van der Waals surface area contributed by atoms with E-state index in [9.17, 15) is 4.79 Å². The summed E-state index contributed by atoms with van der Waals surface area (Å²) in [5.74, 6) is 0.298. The molecule has 3 heterocycles. The highest BCUT2D eigenvalue weighted by molar-refractivity contribution is 7.14. The van der Waals surface area contributed by atoms with Gasteiger partial charge in [0, 0.05) is 5.38 Å². The van der Waals surface area contributed by atoms with Gasteiger partial charge >= 0.3 is 0 Å². The quantitative estimate of drug-likeness (QED) is 0.794. The standard InChI is InChI=1S/C11H10N6OS2/c1-7-6-20-11(12-7)13-9(18)5-17-15-10(14-16-17)8-3-2-4-19-8/h2-4,6H,5H2,1H3,(H,12,13,18). The Balaban J connectivity index is 1.64. The lowest BCUT2D eigenvalue weighted by Crippen LogP contribution is -2.20. The van der Waals surface area contributed by atoms with Crippen molar-refractivity contribution in [3.05, 3.63) is 28.6 Å². The Kier molecular flexibility index (Phi) is 3.52. The van der Waals surface area contributed by atoms with E-state index in [1.54, 1.807) is 0 Å². The molecule has 0 aromatic carbocycles. The molecule has 0 saturated carbocycles. The van der Waals surface area contributed by atoms with E-state index < -0.39 is 0 Å². The number of aryl methyl sites for hydroxylation is 1. The molecule has 7 nitrogen and oxygen atoms in total. The minimum Gasteiger partial charge on any atom is -0.300 e. The van der Waals surface area contributed by atoms with Gasteiger partial charge in [0.05, 0.1) is 10.6 Å². The molecule has 1 amide bonds. The van der Waals surface area contributed by atoms with Crippen molar-refractivity contribution in [2.24, 2.45) is 0 Å². The monoisotopic (exact) mass is 306 g/mol. The summed E-state index contributed by atoms with van der Waals surface area (Å²) in [4.78, 5) is 18.2. The maximum Gasteiger partial charge on any atom is 0.249 e. The molecule has 9 heteroatoms. The molecule has 0 atom stereocenters. The fraction of sp³-hybridized carbons (Fsp3) is 0.182. The van der Waals surface area contributed by atoms with Gasteiger partial charge in [-0.05, 0) is 23.6 Å². The summed E-state index contributed by atoms with van der Waals surface area (Å²) < 4.78 is 0. The summed E-state index contributed by atoms with van der Waals surface area (Å²) in [5.41, 5.74) is 0.879. The second-order valence-corrected chi connectivity index (χ2v) is 5.77. The number of aromatic nitrogens is 5. The number of thiophene rings is 1. The molecule has 0 saturated heterocycles. The Morgan fingerprint density at radius 2 is 2.35 bits per heavy atom. The molecule has 0 radical (unpaired) electrons. The normalized spacial score (nSPS) is 10.7. The van der Waals surface area contributed by atoms with Crippen molar-refractivity contribution >= 4 is 33.7 Å². The fourth-order valence-corrected chi connectivity index (χ4v) is 2.87. The molecule has 3 rings (SSSR count). The molecule has 0 bridgehead atoms. The van der Waals surface area contributed by atoms with E-state index >= 15 is 0 Å². The molecule has 0 aliphatic heterocycles. The molecule has 0 fully saturated rings. The first-order valence-corrected chi connectivity index (χ1v) is 7.50. The van der Waals surface area contributed by atoms with E-state index in [0.29, 0.717) is 11.0 Å². The third-order valence-electron chi connectivity index (χ3n) is 2.34. The molecule has 3 aromatic rings. The van der Waals surface area contributed by atoms with Crippen LogP contribution >= 0.6 is 22.7 Å². The molecule has 1 N–H and O–H groups in total. The van der Waals surface area contributed by atoms with Gasteiger partial charge in [-0.25, -0.2) is 4.98 Å². The van der Waals surface area contributed by atoms with Crippen molar-refractivity contribution in [3.8, 4) is 10.7 Å². The summed E-state index contributed by atoms with van der Waals surface area (Å²) in [6, 6.07) is 3.82. The third kappa shape index (κ3) is 2.89. The number of nitrogens with one attached hydrogen (secondary N) is 1. The van der Waals surface area contributed by atoms with Crippen molar-refractivity contribution in [2.75, 3.05) is 5.32 Å². The lowest BCUT2D eigenvalue weighted by molar-refractivity contribution is -0.117. The van der Waals surface area contributed by atoms with Crippen molar-refractivity contribution in [1.82, 2.24) is 25.2 Å². The van der Waals surface area contributed by atoms with Crippen molar-refractivity contribution in [2.45, 2.75) is 13.5 Å². The van der Waals surface area contributed by atoms with E-state index in [1.807, 2.05) is 29.8 Å². The molecule has 0 unspecified atom stereocenters. The third-order valence-corrected chi connectivity index (χ3v) is 4.09. The average Bonchev–Trinajstić information content (AvgIpc) is 3.10. The molecule has 0 aliphatic carbocycles. The fourth-order valence-electron chi connectivity index (χ4n) is 1.51. The Labute approximate surface area is 122 Å². The van der Waals surface area contributed by atoms with Gasteiger partial charge in [-0.15, -0.1) is 32.9 Å². The van der Waals surface area contributed by atoms with Gasteiger partial charge < -0.3 is 5.32 Å². The predicted molar refractivity (Wildman–Crippen MR) is 76.6 cm³/mol. The Bertz CT molecular complexity index is 717. The van der Waals surface area contributed by atoms with Crippen LogP contribution in [0.5, 0.6) is 0 Å². The van der Waals surface area contributed by atoms with Gasteiger partial charge in [-0.1, -0.05) is 6.07 Å². The van der Waals surface area contributed by atoms with Crippen molar-refractivity contribution < 1.29 is 4.79 Å². The minimum atomic E-state index is -0.227. The molecule has 0 aliphatic rings. The number of nitrogens with zero attached hydrogens (tertiary/aromatic N) is 5. The molecule has 102 valence electrons. The van der Waals surface area contributed by atoms with Gasteiger partial charge in [0.1, 0.15) is 6.54 Å². The van der Waals surface area contributed by atoms with Crippen LogP contribution in [-0.2, 0) is 11.3 Å². The molecular formula is C11H10N6OS2. The maximum atomic E-state index is 11.8. The van der Waals surface area contributed by atoms with E-state index in [1.165, 1.54) is 27.5 Å². The summed E-state index contributed by atoms with van der Waals surface area (Å²) in [5, 5.41) is 19.0. The average molecular weight is 306 g/mol. The second-order valence-electron chi connectivity index (χ2n) is 3.96. The first-order valence-electron chi connectivity index (χ1n) is 5.74. The number of tetrazole rings is 1. The first-order chi connectivity index (χ1) is 9.70. The second kappa shape index (κ2) is 5.47. The van der Waals surface area contributed by atoms with Gasteiger partial charge in [-0.3, -0.25) is 4.79 Å². The molecular weight excluding hydrogens is 296 g/mol. The number of amides is 1. The van der Waals surface area contributed by atoms with Gasteiger partial charge in [0.15, 0.2) is 5.13 Å². The van der Waals surface area contributed by atoms with Crippen LogP contribution < -0.4 is 5.32 Å². The topological polar surface area (TPSA) is 85.6 Å². The lowest BCUT2D eigenvalue weighted by atomic mass is 10.5. The van der Waals surface area contributed by atoms with Crippen molar-refractivity contribution in [3.63, 3.8) is 0 Å². The summed E-state index contributed by atoms with van der Waals surface area (Å²) in [6.45, 7) is 1.88. The number of thiazole rings is 1. The van der Waals surface area contributed by atoms with Crippen LogP contribution in [0.2, 0.25) is 0 Å². The van der Waals surface area contributed by atoms with E-state index in [0.717, 1.165) is 10.6 Å². The van der Waals surface area contributed by atoms with Crippen LogP contribution in [0.15, 0.2) is 22.9 Å². The predicted octanol–water partition coefficient (Wildman–Crippen LogP) is 1.81. The number of rotatable bonds is 4. The van der Waals surface area contributed by atoms with Crippen molar-refractivity contribution in [1.29, 1.82) is 0 Å². The minimum absolute atomic E-state index is 0.0109. The highest BCUT2D eigenvalue weighted by Gasteiger charge is 2.11. The van der Waals surface area contributed by atoms with Gasteiger partial charge in [0.25, 0.3) is 0 Å². The Morgan fingerprint density at radius 3 is 3.05 bits per heavy atom. The number of anilines is 1. The van der Waals surface area contributed by atoms with Crippen LogP contribution in [0.1, 0.15) is 5.69 Å². The summed E-state index contributed by atoms with van der Waals surface area (Å²) >= 11 is 2.91. The van der Waals surface area contributed by atoms with E-state index in [4.69, 9.17) is 0 Å². The summed E-state index contributed by atoms with van der Waals surface area (Å²) in [6.07, 6.45) is 0. The number of hydrogen-bond donors (Lipinski definition) is 1. The molecule has 0 spiro atoms. The van der Waals surface area contributed by atoms with Crippen LogP contribution in [0.4, 0.5) is 5.13 Å². The Hall–Kier alpha value is -2.13. The number of hydrogen-bond acceptors (Lipinski definition) is 7. The van der Waals surface area contributed by atoms with Crippen LogP contribution in [-0.4, -0.2) is 31.1 Å². The van der Waals surface area contributed by atoms with Gasteiger partial charge in [0.2, 0.25) is 11.7 Å². The van der Waals surface area contributed by atoms with E-state index in [-0.39, 0.29) is 12.5 Å². The number of carbonyl (C=O) groups excluding carboxylic acids is 1. The zero-order valence-electron chi connectivity index (χ0n) is 10.5. The van der Waals surface area contributed by atoms with E-state index in [2.05, 4.69) is 25.7 Å². The zero-order chi connectivity index (χ0) is 13.9. The largest absolute Gasteiger partial charge is 0.300 e. The lowest BCUT2D eigenvalue weighted by Gasteiger charge is -1.99. The zero-order valence-corrected chi connectivity index (χ0v) is 12.1. The van der Waals surface area contributed by atoms with Gasteiger partial charge in [-0.2, -0.15) is 4.80 Å². The summed E-state index contributed by atoms with van der Waals surface area (Å²) in [7, 11) is 0. The smallest absolute Gasteiger partial charge is 0.249 e. The highest BCUT2D eigenvalue weighted by Crippen LogP contribution is 2.19. The highest BCUT2D eigenvalue weighted by atomic mass is 32.1.